The van der Waals surface area contributed by atoms with Crippen molar-refractivity contribution in [2.24, 2.45) is 5.41 Å². The number of hydrogen-bond donors (Lipinski definition) is 0. The maximum Gasteiger partial charge on any atom is 1.00 e. The van der Waals surface area contributed by atoms with Crippen molar-refractivity contribution in [3.8, 4) is 0 Å². The van der Waals surface area contributed by atoms with Gasteiger partial charge in [0.05, 0.1) is 0 Å². The Bertz CT molecular complexity index is 518. The fourth-order valence-corrected chi connectivity index (χ4v) is 2.50. The monoisotopic (exact) mass is 274 g/mol. The van der Waals surface area contributed by atoms with Gasteiger partial charge in [-0.3, -0.25) is 0 Å². The van der Waals surface area contributed by atoms with E-state index in [1.165, 1.54) is 22.6 Å². The summed E-state index contributed by atoms with van der Waals surface area (Å²) in [5.41, 5.74) is 4.65. The van der Waals surface area contributed by atoms with Gasteiger partial charge in [-0.05, 0) is 17.3 Å². The summed E-state index contributed by atoms with van der Waals surface area (Å²) in [5.74, 6) is 1.42. The predicted octanol–water partition coefficient (Wildman–Crippen LogP) is 2.84. The Morgan fingerprint density at radius 2 is 1.43 bits per heavy atom. The van der Waals surface area contributed by atoms with Gasteiger partial charge < -0.3 is 0 Å². The largest absolute Gasteiger partial charge is 1.00 e. The van der Waals surface area contributed by atoms with Crippen molar-refractivity contribution in [1.29, 1.82) is 0 Å². The van der Waals surface area contributed by atoms with Gasteiger partial charge in [0.15, 0.2) is 0 Å². The molecule has 0 N–H and O–H groups in total. The summed E-state index contributed by atoms with van der Waals surface area (Å²) >= 11 is 0. The Morgan fingerprint density at radius 3 is 1.81 bits per heavy atom. The van der Waals surface area contributed by atoms with E-state index in [1.54, 1.807) is 0 Å². The predicted molar refractivity (Wildman–Crippen MR) is 88.8 cm³/mol. The third-order valence-corrected chi connectivity index (χ3v) is 3.99. The van der Waals surface area contributed by atoms with Gasteiger partial charge in [-0.25, -0.2) is 0 Å². The van der Waals surface area contributed by atoms with Gasteiger partial charge in [-0.1, -0.05) is 58.8 Å². The first-order chi connectivity index (χ1) is 9.18. The second-order valence-electron chi connectivity index (χ2n) is 7.80. The molecule has 0 saturated heterocycles. The van der Waals surface area contributed by atoms with E-state index in [9.17, 15) is 0 Å². The van der Waals surface area contributed by atoms with Crippen LogP contribution in [0.1, 0.15) is 59.1 Å². The molecule has 21 heavy (non-hydrogen) atoms. The third-order valence-electron chi connectivity index (χ3n) is 3.99. The van der Waals surface area contributed by atoms with Crippen LogP contribution in [0, 0.1) is 11.3 Å². The SMILES string of the molecule is CC(C)(C)C1=CC[C-](c2ccc(C(C)(C)C)cc2)C=C1.[Li+]. The van der Waals surface area contributed by atoms with Gasteiger partial charge in [0.25, 0.3) is 0 Å². The van der Waals surface area contributed by atoms with Crippen LogP contribution in [-0.2, 0) is 5.41 Å². The summed E-state index contributed by atoms with van der Waals surface area (Å²) < 4.78 is 0. The Morgan fingerprint density at radius 1 is 0.857 bits per heavy atom. The summed E-state index contributed by atoms with van der Waals surface area (Å²) in [7, 11) is 0. The van der Waals surface area contributed by atoms with E-state index in [0.29, 0.717) is 0 Å². The van der Waals surface area contributed by atoms with Crippen molar-refractivity contribution in [3.05, 3.63) is 65.1 Å². The van der Waals surface area contributed by atoms with Gasteiger partial charge in [0.2, 0.25) is 0 Å². The standard InChI is InChI=1S/C20H27.Li/c1-19(2,3)17-11-7-15(8-12-17)16-9-13-18(14-10-16)20(4,5)6;/h7-9,11-14H,10H2,1-6H3;/q-1;+1. The van der Waals surface area contributed by atoms with E-state index in [-0.39, 0.29) is 29.7 Å². The quantitative estimate of drug-likeness (QED) is 0.546. The summed E-state index contributed by atoms with van der Waals surface area (Å²) in [4.78, 5) is 0. The summed E-state index contributed by atoms with van der Waals surface area (Å²) in [6.07, 6.45) is 7.97. The van der Waals surface area contributed by atoms with Crippen LogP contribution in [0.4, 0.5) is 0 Å². The molecular formula is C20H27Li. The van der Waals surface area contributed by atoms with Crippen LogP contribution in [0.2, 0.25) is 0 Å². The second-order valence-corrected chi connectivity index (χ2v) is 7.80. The molecule has 1 aromatic rings. The first kappa shape index (κ1) is 18.2. The molecule has 0 unspecified atom stereocenters. The van der Waals surface area contributed by atoms with Crippen molar-refractivity contribution in [1.82, 2.24) is 0 Å². The van der Waals surface area contributed by atoms with Crippen molar-refractivity contribution in [2.75, 3.05) is 0 Å². The molecule has 108 valence electrons. The van der Waals surface area contributed by atoms with Gasteiger partial charge >= 0.3 is 18.9 Å². The first-order valence-corrected chi connectivity index (χ1v) is 7.53. The average molecular weight is 274 g/mol. The van der Waals surface area contributed by atoms with Crippen molar-refractivity contribution in [3.63, 3.8) is 0 Å². The average Bonchev–Trinajstić information content (AvgIpc) is 2.37. The zero-order chi connectivity index (χ0) is 15.0. The molecule has 0 amide bonds. The molecule has 0 radical (unpaired) electrons. The van der Waals surface area contributed by atoms with E-state index < -0.39 is 0 Å². The minimum Gasteiger partial charge on any atom is -0.145 e. The first-order valence-electron chi connectivity index (χ1n) is 7.53. The van der Waals surface area contributed by atoms with Crippen LogP contribution < -0.4 is 18.9 Å². The molecule has 0 heterocycles. The molecule has 1 heteroatoms. The van der Waals surface area contributed by atoms with Crippen molar-refractivity contribution in [2.45, 2.75) is 53.4 Å². The second kappa shape index (κ2) is 6.51. The van der Waals surface area contributed by atoms with E-state index in [4.69, 9.17) is 0 Å². The molecular weight excluding hydrogens is 247 g/mol. The Hall–Kier alpha value is -0.833. The summed E-state index contributed by atoms with van der Waals surface area (Å²) in [6.45, 7) is 13.6. The van der Waals surface area contributed by atoms with Crippen LogP contribution >= 0.6 is 0 Å². The van der Waals surface area contributed by atoms with Crippen molar-refractivity contribution >= 4 is 0 Å². The minimum atomic E-state index is 0. The Kier molecular flexibility index (Phi) is 5.65. The molecule has 0 aliphatic heterocycles. The van der Waals surface area contributed by atoms with E-state index in [0.717, 1.165) is 6.42 Å². The van der Waals surface area contributed by atoms with E-state index in [1.807, 2.05) is 0 Å². The molecule has 1 aromatic carbocycles. The maximum atomic E-state index is 2.37. The fourth-order valence-electron chi connectivity index (χ4n) is 2.50. The maximum absolute atomic E-state index is 2.37. The normalized spacial score (nSPS) is 15.5. The molecule has 1 aliphatic rings. The molecule has 0 bridgehead atoms. The van der Waals surface area contributed by atoms with Crippen LogP contribution in [0.25, 0.3) is 0 Å². The topological polar surface area (TPSA) is 0 Å². The molecule has 0 saturated carbocycles. The van der Waals surface area contributed by atoms with Gasteiger partial charge in [0.1, 0.15) is 0 Å². The molecule has 0 spiro atoms. The van der Waals surface area contributed by atoms with E-state index >= 15 is 0 Å². The number of allylic oxidation sites excluding steroid dienone is 4. The molecule has 2 rings (SSSR count). The number of hydrogen-bond acceptors (Lipinski definition) is 0. The van der Waals surface area contributed by atoms with E-state index in [2.05, 4.69) is 84.0 Å². The minimum absolute atomic E-state index is 0. The molecule has 0 fully saturated rings. The number of rotatable bonds is 1. The molecule has 0 atom stereocenters. The van der Waals surface area contributed by atoms with Crippen LogP contribution in [0.3, 0.4) is 0 Å². The van der Waals surface area contributed by atoms with Crippen LogP contribution in [-0.4, -0.2) is 0 Å². The van der Waals surface area contributed by atoms with Crippen LogP contribution in [0.15, 0.2) is 48.1 Å². The van der Waals surface area contributed by atoms with Crippen LogP contribution in [0.5, 0.6) is 0 Å². The molecule has 0 aromatic heterocycles. The molecule has 1 aliphatic carbocycles. The Labute approximate surface area is 142 Å². The van der Waals surface area contributed by atoms with Crippen molar-refractivity contribution < 1.29 is 18.9 Å². The molecule has 0 nitrogen and oxygen atoms in total. The zero-order valence-electron chi connectivity index (χ0n) is 14.7. The summed E-state index contributed by atoms with van der Waals surface area (Å²) in [5, 5.41) is 0. The van der Waals surface area contributed by atoms with Gasteiger partial charge in [-0.15, -0.1) is 47.9 Å². The van der Waals surface area contributed by atoms with Gasteiger partial charge in [-0.2, -0.15) is 0 Å². The Balaban J connectivity index is 0.00000220. The third kappa shape index (κ3) is 4.57. The smallest absolute Gasteiger partial charge is 0.145 e. The van der Waals surface area contributed by atoms with Gasteiger partial charge in [0, 0.05) is 0 Å². The fraction of sp³-hybridized carbons (Fsp3) is 0.450. The number of benzene rings is 1. The zero-order valence-corrected chi connectivity index (χ0v) is 14.7. The summed E-state index contributed by atoms with van der Waals surface area (Å²) in [6, 6.07) is 9.05.